The molecule has 0 bridgehead atoms. The Labute approximate surface area is 229 Å². The number of anilines is 4. The summed E-state index contributed by atoms with van der Waals surface area (Å²) < 4.78 is 25.7. The molecule has 1 fully saturated rings. The molecule has 3 aromatic carbocycles. The number of benzene rings is 3. The Balaban J connectivity index is 1.38. The first-order chi connectivity index (χ1) is 18.7. The van der Waals surface area contributed by atoms with Crippen molar-refractivity contribution in [3.05, 3.63) is 71.8 Å². The fourth-order valence-corrected chi connectivity index (χ4v) is 5.55. The number of carbonyl (C=O) groups excluding carboxylic acids is 2. The normalized spacial score (nSPS) is 15.0. The smallest absolute Gasteiger partial charge is 0.257 e. The lowest BCUT2D eigenvalue weighted by Gasteiger charge is -2.21. The summed E-state index contributed by atoms with van der Waals surface area (Å²) in [5, 5.41) is 9.23. The van der Waals surface area contributed by atoms with E-state index in [0.717, 1.165) is 37.9 Å². The number of hydrogen-bond donors (Lipinski definition) is 3. The van der Waals surface area contributed by atoms with Crippen molar-refractivity contribution in [1.29, 1.82) is 0 Å². The summed E-state index contributed by atoms with van der Waals surface area (Å²) in [6, 6.07) is 17.7. The van der Waals surface area contributed by atoms with Gasteiger partial charge >= 0.3 is 0 Å². The average Bonchev–Trinajstić information content (AvgIpc) is 3.39. The van der Waals surface area contributed by atoms with Crippen molar-refractivity contribution in [3.8, 4) is 11.1 Å². The van der Waals surface area contributed by atoms with E-state index in [1.54, 1.807) is 42.5 Å². The zero-order valence-electron chi connectivity index (χ0n) is 22.2. The zero-order chi connectivity index (χ0) is 27.6. The van der Waals surface area contributed by atoms with Crippen LogP contribution in [0.3, 0.4) is 0 Å². The number of hydrogen-bond acceptors (Lipinski definition) is 6. The van der Waals surface area contributed by atoms with E-state index in [4.69, 9.17) is 0 Å². The van der Waals surface area contributed by atoms with Gasteiger partial charge in [0.1, 0.15) is 0 Å². The van der Waals surface area contributed by atoms with E-state index in [1.807, 2.05) is 18.2 Å². The number of para-hydroxylation sites is 1. The Morgan fingerprint density at radius 2 is 1.72 bits per heavy atom. The Morgan fingerprint density at radius 3 is 2.49 bits per heavy atom. The van der Waals surface area contributed by atoms with Crippen LogP contribution in [-0.2, 0) is 10.0 Å². The fraction of sp³-hybridized carbons (Fsp3) is 0.310. The number of sulfonamides is 1. The third-order valence-electron chi connectivity index (χ3n) is 7.25. The number of fused-ring (bicyclic) bond motifs is 2. The maximum Gasteiger partial charge on any atom is 0.257 e. The van der Waals surface area contributed by atoms with E-state index in [1.165, 1.54) is 24.2 Å². The van der Waals surface area contributed by atoms with Crippen LogP contribution in [0.15, 0.2) is 60.7 Å². The molecule has 204 valence electrons. The molecule has 0 unspecified atom stereocenters. The molecule has 0 aliphatic carbocycles. The molecule has 3 aromatic rings. The summed E-state index contributed by atoms with van der Waals surface area (Å²) in [6.07, 6.45) is 4.56. The molecule has 3 N–H and O–H groups in total. The highest BCUT2D eigenvalue weighted by Gasteiger charge is 2.22. The number of amides is 2. The van der Waals surface area contributed by atoms with Crippen molar-refractivity contribution in [3.63, 3.8) is 0 Å². The van der Waals surface area contributed by atoms with E-state index < -0.39 is 10.0 Å². The second-order valence-electron chi connectivity index (χ2n) is 10.0. The molecule has 2 heterocycles. The van der Waals surface area contributed by atoms with Crippen molar-refractivity contribution < 1.29 is 18.0 Å². The van der Waals surface area contributed by atoms with Gasteiger partial charge in [-0.05, 0) is 80.9 Å². The van der Waals surface area contributed by atoms with Gasteiger partial charge in [-0.3, -0.25) is 13.9 Å². The fourth-order valence-electron chi connectivity index (χ4n) is 5.03. The lowest BCUT2D eigenvalue weighted by molar-refractivity contribution is 0.0951. The third kappa shape index (κ3) is 5.91. The Hall–Kier alpha value is -3.89. The van der Waals surface area contributed by atoms with Crippen LogP contribution < -0.4 is 20.3 Å². The molecule has 1 saturated heterocycles. The van der Waals surface area contributed by atoms with E-state index >= 15 is 0 Å². The van der Waals surface area contributed by atoms with Gasteiger partial charge in [-0.1, -0.05) is 24.3 Å². The summed E-state index contributed by atoms with van der Waals surface area (Å²) >= 11 is 0. The maximum absolute atomic E-state index is 13.0. The molecule has 0 saturated carbocycles. The highest BCUT2D eigenvalue weighted by atomic mass is 32.2. The van der Waals surface area contributed by atoms with Gasteiger partial charge in [0.05, 0.1) is 34.6 Å². The average molecular weight is 548 g/mol. The number of likely N-dealkylation sites (tertiary alicyclic amines) is 1. The second kappa shape index (κ2) is 11.1. The van der Waals surface area contributed by atoms with E-state index in [2.05, 4.69) is 20.9 Å². The summed E-state index contributed by atoms with van der Waals surface area (Å²) in [4.78, 5) is 28.3. The Kier molecular flexibility index (Phi) is 7.58. The van der Waals surface area contributed by atoms with Gasteiger partial charge in [-0.15, -0.1) is 0 Å². The molecule has 0 aromatic heterocycles. The van der Waals surface area contributed by atoms with Crippen LogP contribution in [-0.4, -0.2) is 64.6 Å². The molecule has 2 amide bonds. The molecule has 10 heteroatoms. The first kappa shape index (κ1) is 26.7. The summed E-state index contributed by atoms with van der Waals surface area (Å²) in [6.45, 7) is 3.86. The van der Waals surface area contributed by atoms with Gasteiger partial charge in [0.2, 0.25) is 10.0 Å². The molecule has 0 atom stereocenters. The molecular formula is C29H33N5O4S. The Morgan fingerprint density at radius 1 is 0.949 bits per heavy atom. The summed E-state index contributed by atoms with van der Waals surface area (Å²) in [5.41, 5.74) is 4.66. The minimum absolute atomic E-state index is 0.164. The lowest BCUT2D eigenvalue weighted by Crippen LogP contribution is -2.28. The molecule has 5 rings (SSSR count). The highest BCUT2D eigenvalue weighted by Crippen LogP contribution is 2.37. The van der Waals surface area contributed by atoms with Crippen LogP contribution in [0.2, 0.25) is 0 Å². The Bertz CT molecular complexity index is 1520. The van der Waals surface area contributed by atoms with Gasteiger partial charge in [0.25, 0.3) is 11.8 Å². The molecule has 2 aliphatic rings. The van der Waals surface area contributed by atoms with Crippen LogP contribution >= 0.6 is 0 Å². The number of rotatable bonds is 8. The molecule has 9 nitrogen and oxygen atoms in total. The van der Waals surface area contributed by atoms with Crippen LogP contribution in [0, 0.1) is 0 Å². The van der Waals surface area contributed by atoms with Gasteiger partial charge in [-0.25, -0.2) is 8.42 Å². The highest BCUT2D eigenvalue weighted by molar-refractivity contribution is 7.92. The first-order valence-electron chi connectivity index (χ1n) is 13.1. The number of carbonyl (C=O) groups is 2. The molecule has 0 spiro atoms. The van der Waals surface area contributed by atoms with Gasteiger partial charge < -0.3 is 20.9 Å². The largest absolute Gasteiger partial charge is 0.353 e. The van der Waals surface area contributed by atoms with Crippen LogP contribution in [0.4, 0.5) is 22.7 Å². The van der Waals surface area contributed by atoms with Crippen molar-refractivity contribution in [1.82, 2.24) is 10.2 Å². The van der Waals surface area contributed by atoms with Crippen LogP contribution in [0.5, 0.6) is 0 Å². The van der Waals surface area contributed by atoms with Crippen molar-refractivity contribution in [2.45, 2.75) is 19.3 Å². The maximum atomic E-state index is 13.0. The van der Waals surface area contributed by atoms with Gasteiger partial charge in [0, 0.05) is 24.7 Å². The monoisotopic (exact) mass is 547 g/mol. The summed E-state index contributed by atoms with van der Waals surface area (Å²) in [5.74, 6) is -0.438. The lowest BCUT2D eigenvalue weighted by atomic mass is 10.0. The van der Waals surface area contributed by atoms with Crippen LogP contribution in [0.25, 0.3) is 11.1 Å². The van der Waals surface area contributed by atoms with Crippen LogP contribution in [0.1, 0.15) is 40.0 Å². The van der Waals surface area contributed by atoms with Crippen molar-refractivity contribution in [2.75, 3.05) is 54.4 Å². The second-order valence-corrected chi connectivity index (χ2v) is 12.0. The van der Waals surface area contributed by atoms with Crippen molar-refractivity contribution >= 4 is 44.6 Å². The van der Waals surface area contributed by atoms with Gasteiger partial charge in [0.15, 0.2) is 0 Å². The molecule has 0 radical (unpaired) electrons. The molecular weight excluding hydrogens is 514 g/mol. The standard InChI is InChI=1S/C29H33N5O4S/c1-33(39(2,37)38)27-9-4-3-8-22(27)20-10-12-23-25(18-20)31-26-19-21(11-13-24(26)32-29(23)36)28(35)30-14-7-17-34-15-5-6-16-34/h3-4,8-13,18-19,31H,5-7,14-17H2,1-2H3,(H,30,35)(H,32,36). The third-order valence-corrected chi connectivity index (χ3v) is 8.44. The first-order valence-corrected chi connectivity index (χ1v) is 15.0. The minimum atomic E-state index is -3.47. The number of nitrogens with one attached hydrogen (secondary N) is 3. The van der Waals surface area contributed by atoms with E-state index in [0.29, 0.717) is 46.0 Å². The SMILES string of the molecule is CN(c1ccccc1-c1ccc2c(c1)Nc1cc(C(=O)NCCCN3CCCC3)ccc1NC2=O)S(C)(=O)=O. The van der Waals surface area contributed by atoms with E-state index in [-0.39, 0.29) is 11.8 Å². The predicted molar refractivity (Wildman–Crippen MR) is 155 cm³/mol. The van der Waals surface area contributed by atoms with Crippen molar-refractivity contribution in [2.24, 2.45) is 0 Å². The predicted octanol–water partition coefficient (Wildman–Crippen LogP) is 4.27. The molecule has 39 heavy (non-hydrogen) atoms. The van der Waals surface area contributed by atoms with Gasteiger partial charge in [-0.2, -0.15) is 0 Å². The quantitative estimate of drug-likeness (QED) is 0.363. The topological polar surface area (TPSA) is 111 Å². The number of nitrogens with zero attached hydrogens (tertiary/aromatic N) is 2. The zero-order valence-corrected chi connectivity index (χ0v) is 23.0. The summed E-state index contributed by atoms with van der Waals surface area (Å²) in [7, 11) is -1.96. The minimum Gasteiger partial charge on any atom is -0.353 e. The molecule has 2 aliphatic heterocycles. The van der Waals surface area contributed by atoms with E-state index in [9.17, 15) is 18.0 Å².